The van der Waals surface area contributed by atoms with Crippen molar-refractivity contribution in [1.82, 2.24) is 10.6 Å². The number of nitrogens with zero attached hydrogens (tertiary/aromatic N) is 1. The summed E-state index contributed by atoms with van der Waals surface area (Å²) in [6, 6.07) is 16.3. The van der Waals surface area contributed by atoms with Gasteiger partial charge >= 0.3 is 0 Å². The molecule has 0 bridgehead atoms. The highest BCUT2D eigenvalue weighted by Gasteiger charge is 2.18. The molecule has 4 nitrogen and oxygen atoms in total. The van der Waals surface area contributed by atoms with Crippen molar-refractivity contribution in [2.24, 2.45) is 0 Å². The third-order valence-electron chi connectivity index (χ3n) is 5.32. The minimum atomic E-state index is -0.347. The van der Waals surface area contributed by atoms with Crippen LogP contribution in [0.3, 0.4) is 0 Å². The lowest BCUT2D eigenvalue weighted by Gasteiger charge is -2.21. The number of nitriles is 1. The van der Waals surface area contributed by atoms with E-state index in [4.69, 9.17) is 0 Å². The third-order valence-corrected chi connectivity index (χ3v) is 5.85. The third kappa shape index (κ3) is 5.71. The molecule has 1 amide bonds. The van der Waals surface area contributed by atoms with Crippen molar-refractivity contribution in [3.05, 3.63) is 81.0 Å². The molecule has 0 aromatic heterocycles. The van der Waals surface area contributed by atoms with Crippen molar-refractivity contribution in [2.75, 3.05) is 0 Å². The molecule has 1 atom stereocenters. The van der Waals surface area contributed by atoms with E-state index in [1.165, 1.54) is 30.2 Å². The van der Waals surface area contributed by atoms with Crippen molar-refractivity contribution in [3.8, 4) is 6.07 Å². The van der Waals surface area contributed by atoms with Gasteiger partial charge in [-0.2, -0.15) is 5.26 Å². The number of rotatable bonds is 7. The molecule has 1 aliphatic rings. The fourth-order valence-corrected chi connectivity index (χ4v) is 3.91. The van der Waals surface area contributed by atoms with E-state index in [0.717, 1.165) is 34.9 Å². The van der Waals surface area contributed by atoms with E-state index in [1.807, 2.05) is 37.3 Å². The summed E-state index contributed by atoms with van der Waals surface area (Å²) in [7, 11) is 0. The Labute approximate surface area is 181 Å². The van der Waals surface area contributed by atoms with E-state index in [2.05, 4.69) is 44.8 Å². The van der Waals surface area contributed by atoms with Gasteiger partial charge in [-0.1, -0.05) is 53.2 Å². The van der Waals surface area contributed by atoms with E-state index in [1.54, 1.807) is 0 Å². The van der Waals surface area contributed by atoms with Crippen LogP contribution in [0.4, 0.5) is 0 Å². The number of hydrogen-bond acceptors (Lipinski definition) is 3. The molecule has 0 fully saturated rings. The molecule has 1 unspecified atom stereocenters. The first kappa shape index (κ1) is 21.1. The molecule has 2 aromatic rings. The van der Waals surface area contributed by atoms with Gasteiger partial charge < -0.3 is 10.6 Å². The summed E-state index contributed by atoms with van der Waals surface area (Å²) < 4.78 is 1.02. The second kappa shape index (κ2) is 10.3. The van der Waals surface area contributed by atoms with Crippen molar-refractivity contribution in [3.63, 3.8) is 0 Å². The van der Waals surface area contributed by atoms with Crippen LogP contribution in [-0.4, -0.2) is 5.91 Å². The molecule has 0 saturated heterocycles. The number of halogens is 1. The Balaban J connectivity index is 1.64. The largest absolute Gasteiger partial charge is 0.386 e. The summed E-state index contributed by atoms with van der Waals surface area (Å²) in [5, 5.41) is 15.5. The highest BCUT2D eigenvalue weighted by molar-refractivity contribution is 9.10. The predicted molar refractivity (Wildman–Crippen MR) is 119 cm³/mol. The van der Waals surface area contributed by atoms with Crippen molar-refractivity contribution >= 4 is 21.8 Å². The predicted octanol–water partition coefficient (Wildman–Crippen LogP) is 5.09. The van der Waals surface area contributed by atoms with Gasteiger partial charge in [0.25, 0.3) is 5.91 Å². The van der Waals surface area contributed by atoms with Crippen LogP contribution in [0.1, 0.15) is 54.5 Å². The van der Waals surface area contributed by atoms with Gasteiger partial charge in [0.2, 0.25) is 0 Å². The molecule has 1 aliphatic carbocycles. The maximum Gasteiger partial charge on any atom is 0.263 e. The van der Waals surface area contributed by atoms with Gasteiger partial charge in [-0.3, -0.25) is 4.79 Å². The van der Waals surface area contributed by atoms with Crippen LogP contribution in [0.2, 0.25) is 0 Å². The Kier molecular flexibility index (Phi) is 7.48. The summed E-state index contributed by atoms with van der Waals surface area (Å²) in [6.07, 6.45) is 7.00. The average Bonchev–Trinajstić information content (AvgIpc) is 2.75. The maximum absolute atomic E-state index is 12.6. The molecule has 2 N–H and O–H groups in total. The van der Waals surface area contributed by atoms with Crippen LogP contribution >= 0.6 is 15.9 Å². The molecule has 5 heteroatoms. The van der Waals surface area contributed by atoms with Gasteiger partial charge in [-0.05, 0) is 66.5 Å². The molecule has 29 heavy (non-hydrogen) atoms. The number of benzene rings is 2. The summed E-state index contributed by atoms with van der Waals surface area (Å²) in [5.74, 6) is -0.347. The maximum atomic E-state index is 12.6. The van der Waals surface area contributed by atoms with Crippen LogP contribution in [0, 0.1) is 11.3 Å². The molecule has 150 valence electrons. The number of aryl methyl sites for hydroxylation is 2. The smallest absolute Gasteiger partial charge is 0.263 e. The first-order valence-electron chi connectivity index (χ1n) is 10.1. The summed E-state index contributed by atoms with van der Waals surface area (Å²) in [5.41, 5.74) is 5.09. The highest BCUT2D eigenvalue weighted by Crippen LogP contribution is 2.26. The minimum absolute atomic E-state index is 0.0820. The van der Waals surface area contributed by atoms with E-state index < -0.39 is 0 Å². The summed E-state index contributed by atoms with van der Waals surface area (Å²) in [6.45, 7) is 2.60. The van der Waals surface area contributed by atoms with Crippen LogP contribution in [0.5, 0.6) is 0 Å². The Bertz CT molecular complexity index is 928. The minimum Gasteiger partial charge on any atom is -0.386 e. The Morgan fingerprint density at radius 2 is 1.90 bits per heavy atom. The van der Waals surface area contributed by atoms with Gasteiger partial charge in [0.05, 0.1) is 6.04 Å². The highest BCUT2D eigenvalue weighted by atomic mass is 79.9. The zero-order valence-electron chi connectivity index (χ0n) is 16.7. The van der Waals surface area contributed by atoms with E-state index in [9.17, 15) is 10.1 Å². The molecule has 0 heterocycles. The van der Waals surface area contributed by atoms with Gasteiger partial charge in [0, 0.05) is 17.2 Å². The Hall–Kier alpha value is -2.58. The van der Waals surface area contributed by atoms with Gasteiger partial charge in [0.15, 0.2) is 0 Å². The second-order valence-electron chi connectivity index (χ2n) is 7.35. The fraction of sp³-hybridized carbons (Fsp3) is 0.333. The second-order valence-corrected chi connectivity index (χ2v) is 8.26. The molecular formula is C24H26BrN3O. The number of fused-ring (bicyclic) bond motifs is 1. The first-order chi connectivity index (χ1) is 14.1. The molecular weight excluding hydrogens is 426 g/mol. The zero-order valence-corrected chi connectivity index (χ0v) is 18.3. The number of hydrogen-bond donors (Lipinski definition) is 2. The lowest BCUT2D eigenvalue weighted by Crippen LogP contribution is -2.30. The van der Waals surface area contributed by atoms with Crippen molar-refractivity contribution in [2.45, 2.75) is 51.6 Å². The van der Waals surface area contributed by atoms with Gasteiger partial charge in [-0.25, -0.2) is 0 Å². The first-order valence-corrected chi connectivity index (χ1v) is 10.9. The topological polar surface area (TPSA) is 64.9 Å². The van der Waals surface area contributed by atoms with Gasteiger partial charge in [-0.15, -0.1) is 0 Å². The van der Waals surface area contributed by atoms with Crippen LogP contribution in [0.15, 0.2) is 58.7 Å². The molecule has 0 radical (unpaired) electrons. The number of nitrogens with one attached hydrogen (secondary N) is 2. The molecule has 0 saturated carbocycles. The SMILES string of the molecule is CCC(NC(=O)/C(C#N)=C\NCc1ccc(Br)cc1)c1ccc2c(c1)CCCC2. The quantitative estimate of drug-likeness (QED) is 0.454. The van der Waals surface area contributed by atoms with Crippen molar-refractivity contribution in [1.29, 1.82) is 5.26 Å². The average molecular weight is 452 g/mol. The normalized spacial score (nSPS) is 14.4. The van der Waals surface area contributed by atoms with E-state index in [0.29, 0.717) is 6.54 Å². The van der Waals surface area contributed by atoms with Crippen LogP contribution in [0.25, 0.3) is 0 Å². The molecule has 0 spiro atoms. The molecule has 0 aliphatic heterocycles. The van der Waals surface area contributed by atoms with Crippen LogP contribution in [-0.2, 0) is 24.2 Å². The fourth-order valence-electron chi connectivity index (χ4n) is 3.65. The summed E-state index contributed by atoms with van der Waals surface area (Å²) >= 11 is 3.41. The summed E-state index contributed by atoms with van der Waals surface area (Å²) in [4.78, 5) is 12.6. The molecule has 2 aromatic carbocycles. The number of carbonyl (C=O) groups excluding carboxylic acids is 1. The lowest BCUT2D eigenvalue weighted by atomic mass is 9.88. The standard InChI is InChI=1S/C24H26BrN3O/c1-2-23(20-10-9-18-5-3-4-6-19(18)13-20)28-24(29)21(14-26)16-27-15-17-7-11-22(25)12-8-17/h7-13,16,23,27H,2-6,15H2,1H3,(H,28,29)/b21-16-. The monoisotopic (exact) mass is 451 g/mol. The van der Waals surface area contributed by atoms with Crippen molar-refractivity contribution < 1.29 is 4.79 Å². The Morgan fingerprint density at radius 1 is 1.17 bits per heavy atom. The molecule has 3 rings (SSSR count). The van der Waals surface area contributed by atoms with Crippen LogP contribution < -0.4 is 10.6 Å². The zero-order chi connectivity index (χ0) is 20.6. The van der Waals surface area contributed by atoms with E-state index in [-0.39, 0.29) is 17.5 Å². The van der Waals surface area contributed by atoms with E-state index >= 15 is 0 Å². The van der Waals surface area contributed by atoms with Gasteiger partial charge in [0.1, 0.15) is 11.6 Å². The Morgan fingerprint density at radius 3 is 2.59 bits per heavy atom. The lowest BCUT2D eigenvalue weighted by molar-refractivity contribution is -0.117. The number of carbonyl (C=O) groups is 1. The number of amides is 1.